The maximum atomic E-state index is 14.8. The number of benzene rings is 3. The van der Waals surface area contributed by atoms with Crippen LogP contribution < -0.4 is 10.6 Å². The fraction of sp³-hybridized carbons (Fsp3) is 0.276. The van der Waals surface area contributed by atoms with Crippen molar-refractivity contribution in [2.45, 2.75) is 33.7 Å². The van der Waals surface area contributed by atoms with Gasteiger partial charge in [-0.05, 0) is 59.4 Å². The summed E-state index contributed by atoms with van der Waals surface area (Å²) in [7, 11) is 1.14. The molecule has 0 saturated carbocycles. The number of carbonyl (C=O) groups is 3. The van der Waals surface area contributed by atoms with Gasteiger partial charge in [-0.2, -0.15) is 0 Å². The molecule has 0 radical (unpaired) electrons. The maximum absolute atomic E-state index is 14.8. The van der Waals surface area contributed by atoms with Gasteiger partial charge < -0.3 is 15.4 Å². The number of rotatable bonds is 8. The Morgan fingerprint density at radius 1 is 0.838 bits per heavy atom. The van der Waals surface area contributed by atoms with Gasteiger partial charge in [0.2, 0.25) is 0 Å². The molecule has 0 atom stereocenters. The zero-order valence-corrected chi connectivity index (χ0v) is 21.3. The zero-order valence-electron chi connectivity index (χ0n) is 21.3. The Kier molecular flexibility index (Phi) is 8.76. The van der Waals surface area contributed by atoms with Crippen LogP contribution in [-0.2, 0) is 11.3 Å². The number of nitrogens with one attached hydrogen (secondary N) is 2. The van der Waals surface area contributed by atoms with Crippen LogP contribution in [0.5, 0.6) is 0 Å². The minimum Gasteiger partial charge on any atom is -0.465 e. The second kappa shape index (κ2) is 11.8. The Hall–Kier alpha value is -4.07. The van der Waals surface area contributed by atoms with E-state index >= 15 is 0 Å². The summed E-state index contributed by atoms with van der Waals surface area (Å²) in [6.45, 7) is 6.75. The van der Waals surface area contributed by atoms with E-state index in [9.17, 15) is 23.2 Å². The molecule has 3 aromatic carbocycles. The molecule has 0 aromatic heterocycles. The van der Waals surface area contributed by atoms with Crippen LogP contribution in [-0.4, -0.2) is 31.4 Å². The Morgan fingerprint density at radius 2 is 1.46 bits per heavy atom. The molecule has 0 aliphatic carbocycles. The number of ether oxygens (including phenoxy) is 1. The van der Waals surface area contributed by atoms with Crippen molar-refractivity contribution in [1.29, 1.82) is 0 Å². The van der Waals surface area contributed by atoms with E-state index in [-0.39, 0.29) is 34.6 Å². The largest absolute Gasteiger partial charge is 0.465 e. The number of methoxy groups -OCH3 is 1. The van der Waals surface area contributed by atoms with E-state index in [0.29, 0.717) is 23.2 Å². The quantitative estimate of drug-likeness (QED) is 0.393. The van der Waals surface area contributed by atoms with Crippen LogP contribution in [0.1, 0.15) is 63.8 Å². The molecular formula is C29H30F2N2O4. The Labute approximate surface area is 215 Å². The highest BCUT2D eigenvalue weighted by atomic mass is 19.1. The van der Waals surface area contributed by atoms with Gasteiger partial charge in [-0.3, -0.25) is 9.59 Å². The van der Waals surface area contributed by atoms with Crippen LogP contribution in [0.4, 0.5) is 8.78 Å². The minimum atomic E-state index is -0.863. The molecule has 0 unspecified atom stereocenters. The van der Waals surface area contributed by atoms with Crippen molar-refractivity contribution < 1.29 is 27.9 Å². The first-order valence-electron chi connectivity index (χ1n) is 11.8. The molecule has 8 heteroatoms. The number of halogens is 2. The molecule has 2 amide bonds. The molecule has 194 valence electrons. The minimum absolute atomic E-state index is 0.0903. The number of hydrogen-bond acceptors (Lipinski definition) is 4. The normalized spacial score (nSPS) is 11.1. The molecule has 0 aliphatic heterocycles. The lowest BCUT2D eigenvalue weighted by molar-refractivity contribution is 0.0596. The summed E-state index contributed by atoms with van der Waals surface area (Å²) in [5, 5.41) is 5.51. The van der Waals surface area contributed by atoms with Gasteiger partial charge in [-0.15, -0.1) is 0 Å². The van der Waals surface area contributed by atoms with Gasteiger partial charge in [0.15, 0.2) is 0 Å². The molecule has 0 aliphatic rings. The maximum Gasteiger partial charge on any atom is 0.341 e. The van der Waals surface area contributed by atoms with Crippen LogP contribution in [0.15, 0.2) is 60.7 Å². The first kappa shape index (κ1) is 27.5. The van der Waals surface area contributed by atoms with Gasteiger partial charge in [-0.1, -0.05) is 45.0 Å². The van der Waals surface area contributed by atoms with Crippen molar-refractivity contribution in [2.75, 3.05) is 13.7 Å². The standard InChI is InChI=1S/C29H30F2N2O4/c1-29(2,3)14-15-32-26(34)18-8-10-19(11-9-18)27(35)33-17-21-13-12-20(16-24(21)31)22-6-5-7-23(30)25(22)28(36)37-4/h5-13,16H,14-15,17H2,1-4H3,(H,32,34)(H,33,35). The third kappa shape index (κ3) is 7.22. The fourth-order valence-electron chi connectivity index (χ4n) is 3.64. The molecule has 3 rings (SSSR count). The fourth-order valence-corrected chi connectivity index (χ4v) is 3.64. The van der Waals surface area contributed by atoms with E-state index in [4.69, 9.17) is 0 Å². The predicted octanol–water partition coefficient (Wildman–Crippen LogP) is 5.51. The molecule has 0 spiro atoms. The van der Waals surface area contributed by atoms with Crippen LogP contribution in [0.25, 0.3) is 11.1 Å². The second-order valence-corrected chi connectivity index (χ2v) is 9.79. The number of esters is 1. The Bertz CT molecular complexity index is 1300. The van der Waals surface area contributed by atoms with Crippen molar-refractivity contribution in [3.05, 3.63) is 94.6 Å². The second-order valence-electron chi connectivity index (χ2n) is 9.79. The molecule has 6 nitrogen and oxygen atoms in total. The first-order chi connectivity index (χ1) is 17.5. The van der Waals surface area contributed by atoms with E-state index in [2.05, 4.69) is 36.1 Å². The summed E-state index contributed by atoms with van der Waals surface area (Å²) < 4.78 is 33.7. The molecule has 37 heavy (non-hydrogen) atoms. The predicted molar refractivity (Wildman–Crippen MR) is 137 cm³/mol. The summed E-state index contributed by atoms with van der Waals surface area (Å²) in [4.78, 5) is 36.8. The van der Waals surface area contributed by atoms with E-state index in [1.807, 2.05) is 0 Å². The average Bonchev–Trinajstić information content (AvgIpc) is 2.86. The summed E-state index contributed by atoms with van der Waals surface area (Å²) >= 11 is 0. The third-order valence-electron chi connectivity index (χ3n) is 5.78. The highest BCUT2D eigenvalue weighted by Crippen LogP contribution is 2.28. The van der Waals surface area contributed by atoms with Crippen molar-refractivity contribution in [3.63, 3.8) is 0 Å². The van der Waals surface area contributed by atoms with E-state index in [1.54, 1.807) is 18.2 Å². The van der Waals surface area contributed by atoms with Gasteiger partial charge >= 0.3 is 5.97 Å². The topological polar surface area (TPSA) is 84.5 Å². The van der Waals surface area contributed by atoms with Gasteiger partial charge in [0.1, 0.15) is 17.2 Å². The van der Waals surface area contributed by atoms with Crippen molar-refractivity contribution in [2.24, 2.45) is 5.41 Å². The molecular weight excluding hydrogens is 478 g/mol. The highest BCUT2D eigenvalue weighted by molar-refractivity contribution is 5.98. The van der Waals surface area contributed by atoms with Crippen LogP contribution in [0.3, 0.4) is 0 Å². The van der Waals surface area contributed by atoms with E-state index in [1.165, 1.54) is 36.4 Å². The SMILES string of the molecule is COC(=O)c1c(F)cccc1-c1ccc(CNC(=O)c2ccc(C(=O)NCCC(C)(C)C)cc2)c(F)c1. The van der Waals surface area contributed by atoms with Gasteiger partial charge in [-0.25, -0.2) is 13.6 Å². The van der Waals surface area contributed by atoms with E-state index < -0.39 is 23.5 Å². The lowest BCUT2D eigenvalue weighted by Gasteiger charge is -2.18. The smallest absolute Gasteiger partial charge is 0.341 e. The lowest BCUT2D eigenvalue weighted by Crippen LogP contribution is -2.27. The van der Waals surface area contributed by atoms with Crippen molar-refractivity contribution in [3.8, 4) is 11.1 Å². The molecule has 0 saturated heterocycles. The third-order valence-corrected chi connectivity index (χ3v) is 5.78. The molecule has 2 N–H and O–H groups in total. The summed E-state index contributed by atoms with van der Waals surface area (Å²) in [5.74, 6) is -2.90. The Morgan fingerprint density at radius 3 is 2.03 bits per heavy atom. The van der Waals surface area contributed by atoms with Crippen molar-refractivity contribution in [1.82, 2.24) is 10.6 Å². The number of amides is 2. The van der Waals surface area contributed by atoms with Gasteiger partial charge in [0.25, 0.3) is 11.8 Å². The number of carbonyl (C=O) groups excluding carboxylic acids is 3. The Balaban J connectivity index is 1.64. The zero-order chi connectivity index (χ0) is 27.2. The first-order valence-corrected chi connectivity index (χ1v) is 11.8. The lowest BCUT2D eigenvalue weighted by atomic mass is 9.92. The number of hydrogen-bond donors (Lipinski definition) is 2. The summed E-state index contributed by atoms with van der Waals surface area (Å²) in [6, 6.07) is 14.4. The van der Waals surface area contributed by atoms with Crippen LogP contribution in [0.2, 0.25) is 0 Å². The highest BCUT2D eigenvalue weighted by Gasteiger charge is 2.19. The summed E-state index contributed by atoms with van der Waals surface area (Å²) in [6.07, 6.45) is 0.839. The molecule has 0 bridgehead atoms. The van der Waals surface area contributed by atoms with Crippen LogP contribution >= 0.6 is 0 Å². The molecule has 0 fully saturated rings. The monoisotopic (exact) mass is 508 g/mol. The van der Waals surface area contributed by atoms with Crippen LogP contribution in [0, 0.1) is 17.0 Å². The van der Waals surface area contributed by atoms with E-state index in [0.717, 1.165) is 19.6 Å². The molecule has 3 aromatic rings. The summed E-state index contributed by atoms with van der Waals surface area (Å²) in [5.41, 5.74) is 1.30. The average molecular weight is 509 g/mol. The van der Waals surface area contributed by atoms with Gasteiger partial charge in [0, 0.05) is 29.8 Å². The molecule has 0 heterocycles. The van der Waals surface area contributed by atoms with Crippen molar-refractivity contribution >= 4 is 17.8 Å². The van der Waals surface area contributed by atoms with Gasteiger partial charge in [0.05, 0.1) is 7.11 Å².